The van der Waals surface area contributed by atoms with Gasteiger partial charge >= 0.3 is 0 Å². The van der Waals surface area contributed by atoms with Crippen LogP contribution in [0.3, 0.4) is 0 Å². The van der Waals surface area contributed by atoms with Gasteiger partial charge in [-0.05, 0) is 35.4 Å². The van der Waals surface area contributed by atoms with Crippen molar-refractivity contribution in [3.8, 4) is 5.75 Å². The predicted molar refractivity (Wildman–Crippen MR) is 93.4 cm³/mol. The highest BCUT2D eigenvalue weighted by molar-refractivity contribution is 6.30. The summed E-state index contributed by atoms with van der Waals surface area (Å²) < 4.78 is 5.24. The quantitative estimate of drug-likeness (QED) is 0.699. The van der Waals surface area contributed by atoms with E-state index in [-0.39, 0.29) is 6.07 Å². The summed E-state index contributed by atoms with van der Waals surface area (Å²) in [5.41, 5.74) is 0.457. The highest BCUT2D eigenvalue weighted by Crippen LogP contribution is 2.37. The summed E-state index contributed by atoms with van der Waals surface area (Å²) in [5.74, 6) is 0.622. The third-order valence-corrected chi connectivity index (χ3v) is 4.09. The van der Waals surface area contributed by atoms with E-state index in [4.69, 9.17) is 27.9 Å². The molecule has 1 heterocycles. The summed E-state index contributed by atoms with van der Waals surface area (Å²) >= 11 is 11.5. The minimum Gasteiger partial charge on any atom is -0.478 e. The molecule has 1 unspecified atom stereocenters. The third-order valence-electron chi connectivity index (χ3n) is 3.73. The van der Waals surface area contributed by atoms with Gasteiger partial charge in [-0.3, -0.25) is 0 Å². The van der Waals surface area contributed by atoms with E-state index in [0.29, 0.717) is 27.5 Å². The van der Waals surface area contributed by atoms with Gasteiger partial charge in [-0.1, -0.05) is 47.5 Å². The van der Waals surface area contributed by atoms with E-state index in [1.165, 1.54) is 6.33 Å². The van der Waals surface area contributed by atoms with Crippen LogP contribution < -0.4 is 4.74 Å². The number of aromatic nitrogens is 2. The fourth-order valence-corrected chi connectivity index (χ4v) is 2.78. The lowest BCUT2D eigenvalue weighted by atomic mass is 9.81. The van der Waals surface area contributed by atoms with E-state index in [0.717, 1.165) is 0 Å². The third kappa shape index (κ3) is 3.22. The van der Waals surface area contributed by atoms with Crippen molar-refractivity contribution in [2.24, 2.45) is 0 Å². The Labute approximate surface area is 149 Å². The number of hydrogen-bond donors (Lipinski definition) is 1. The standard InChI is InChI=1S/C18H14Cl2N2O2/c19-11-24-17-7-3-14(4-8-17)18(23,15-9-21-12-22-10-15)13-1-5-16(20)6-2-13/h1-10,12,23H,11H2. The second-order valence-electron chi connectivity index (χ2n) is 5.12. The fraction of sp³-hybridized carbons (Fsp3) is 0.111. The zero-order valence-corrected chi connectivity index (χ0v) is 14.1. The normalized spacial score (nSPS) is 13.3. The average Bonchev–Trinajstić information content (AvgIpc) is 2.63. The Kier molecular flexibility index (Phi) is 5.00. The number of nitrogens with zero attached hydrogens (tertiary/aromatic N) is 2. The van der Waals surface area contributed by atoms with Gasteiger partial charge in [0.15, 0.2) is 6.07 Å². The number of benzene rings is 2. The summed E-state index contributed by atoms with van der Waals surface area (Å²) in [5, 5.41) is 12.1. The van der Waals surface area contributed by atoms with E-state index in [2.05, 4.69) is 9.97 Å². The molecular formula is C18H14Cl2N2O2. The van der Waals surface area contributed by atoms with Gasteiger partial charge in [0.25, 0.3) is 0 Å². The van der Waals surface area contributed by atoms with Crippen LogP contribution in [0, 0.1) is 0 Å². The molecule has 0 aliphatic heterocycles. The van der Waals surface area contributed by atoms with Gasteiger partial charge < -0.3 is 9.84 Å². The number of halogens is 2. The molecule has 1 atom stereocenters. The molecule has 1 N–H and O–H groups in total. The van der Waals surface area contributed by atoms with Crippen molar-refractivity contribution in [1.82, 2.24) is 9.97 Å². The first kappa shape index (κ1) is 16.7. The van der Waals surface area contributed by atoms with Crippen LogP contribution in [0.25, 0.3) is 0 Å². The molecule has 4 nitrogen and oxygen atoms in total. The molecule has 0 bridgehead atoms. The van der Waals surface area contributed by atoms with E-state index >= 15 is 0 Å². The van der Waals surface area contributed by atoms with Gasteiger partial charge in [-0.2, -0.15) is 0 Å². The highest BCUT2D eigenvalue weighted by Gasteiger charge is 2.34. The Bertz CT molecular complexity index is 796. The second-order valence-corrected chi connectivity index (χ2v) is 5.78. The van der Waals surface area contributed by atoms with E-state index in [1.807, 2.05) is 0 Å². The zero-order chi connectivity index (χ0) is 17.0. The molecule has 24 heavy (non-hydrogen) atoms. The van der Waals surface area contributed by atoms with Crippen LogP contribution in [-0.2, 0) is 5.60 Å². The molecule has 0 saturated heterocycles. The molecule has 0 radical (unpaired) electrons. The van der Waals surface area contributed by atoms with Crippen LogP contribution in [0.2, 0.25) is 5.02 Å². The molecule has 0 fully saturated rings. The van der Waals surface area contributed by atoms with Crippen LogP contribution in [0.5, 0.6) is 5.75 Å². The van der Waals surface area contributed by atoms with Crippen molar-refractivity contribution < 1.29 is 9.84 Å². The molecule has 0 spiro atoms. The summed E-state index contributed by atoms with van der Waals surface area (Å²) in [6, 6.07) is 14.1. The summed E-state index contributed by atoms with van der Waals surface area (Å²) in [6.07, 6.45) is 4.60. The maximum Gasteiger partial charge on any atom is 0.162 e. The number of hydrogen-bond acceptors (Lipinski definition) is 4. The molecule has 6 heteroatoms. The predicted octanol–water partition coefficient (Wildman–Crippen LogP) is 3.99. The van der Waals surface area contributed by atoms with Crippen molar-refractivity contribution in [3.63, 3.8) is 0 Å². The summed E-state index contributed by atoms with van der Waals surface area (Å²) in [4.78, 5) is 8.05. The van der Waals surface area contributed by atoms with Gasteiger partial charge in [-0.15, -0.1) is 0 Å². The Morgan fingerprint density at radius 2 is 1.42 bits per heavy atom. The van der Waals surface area contributed by atoms with Crippen LogP contribution in [0.1, 0.15) is 16.7 Å². The van der Waals surface area contributed by atoms with Gasteiger partial charge in [-0.25, -0.2) is 9.97 Å². The number of ether oxygens (including phenoxy) is 1. The monoisotopic (exact) mass is 360 g/mol. The number of rotatable bonds is 5. The maximum atomic E-state index is 11.5. The molecule has 0 aliphatic rings. The van der Waals surface area contributed by atoms with Crippen molar-refractivity contribution in [3.05, 3.63) is 89.0 Å². The van der Waals surface area contributed by atoms with Gasteiger partial charge in [0, 0.05) is 23.0 Å². The molecular weight excluding hydrogens is 347 g/mol. The van der Waals surface area contributed by atoms with Crippen molar-refractivity contribution in [2.75, 3.05) is 6.07 Å². The SMILES string of the molecule is OC(c1ccc(Cl)cc1)(c1ccc(OCCl)cc1)c1cncnc1. The molecule has 0 aliphatic carbocycles. The molecule has 0 saturated carbocycles. The first-order valence-corrected chi connectivity index (χ1v) is 8.09. The van der Waals surface area contributed by atoms with Crippen LogP contribution in [0.4, 0.5) is 0 Å². The Balaban J connectivity index is 2.13. The Morgan fingerprint density at radius 1 is 0.875 bits per heavy atom. The van der Waals surface area contributed by atoms with Crippen molar-refractivity contribution in [2.45, 2.75) is 5.60 Å². The van der Waals surface area contributed by atoms with Gasteiger partial charge in [0.2, 0.25) is 0 Å². The molecule has 1 aromatic heterocycles. The first-order chi connectivity index (χ1) is 11.6. The fourth-order valence-electron chi connectivity index (χ4n) is 2.53. The largest absolute Gasteiger partial charge is 0.478 e. The minimum atomic E-state index is -1.41. The first-order valence-electron chi connectivity index (χ1n) is 7.18. The second kappa shape index (κ2) is 7.18. The lowest BCUT2D eigenvalue weighted by Gasteiger charge is -2.29. The Hall–Kier alpha value is -2.14. The average molecular weight is 361 g/mol. The molecule has 3 aromatic rings. The maximum absolute atomic E-state index is 11.5. The van der Waals surface area contributed by atoms with Crippen LogP contribution in [0.15, 0.2) is 67.3 Å². The minimum absolute atomic E-state index is 0.0628. The molecule has 0 amide bonds. The molecule has 2 aromatic carbocycles. The van der Waals surface area contributed by atoms with Crippen molar-refractivity contribution >= 4 is 23.2 Å². The lowest BCUT2D eigenvalue weighted by molar-refractivity contribution is 0.125. The Morgan fingerprint density at radius 3 is 1.96 bits per heavy atom. The van der Waals surface area contributed by atoms with Gasteiger partial charge in [0.1, 0.15) is 17.7 Å². The van der Waals surface area contributed by atoms with E-state index < -0.39 is 5.60 Å². The van der Waals surface area contributed by atoms with Gasteiger partial charge in [0.05, 0.1) is 0 Å². The summed E-state index contributed by atoms with van der Waals surface area (Å²) in [7, 11) is 0. The number of aliphatic hydroxyl groups is 1. The van der Waals surface area contributed by atoms with Crippen LogP contribution in [-0.4, -0.2) is 21.1 Å². The smallest absolute Gasteiger partial charge is 0.162 e. The highest BCUT2D eigenvalue weighted by atomic mass is 35.5. The topological polar surface area (TPSA) is 55.2 Å². The zero-order valence-electron chi connectivity index (χ0n) is 12.6. The number of alkyl halides is 1. The summed E-state index contributed by atoms with van der Waals surface area (Å²) in [6.45, 7) is 0. The van der Waals surface area contributed by atoms with E-state index in [9.17, 15) is 5.11 Å². The van der Waals surface area contributed by atoms with Crippen molar-refractivity contribution in [1.29, 1.82) is 0 Å². The van der Waals surface area contributed by atoms with Crippen LogP contribution >= 0.6 is 23.2 Å². The van der Waals surface area contributed by atoms with E-state index in [1.54, 1.807) is 60.9 Å². The lowest BCUT2D eigenvalue weighted by Crippen LogP contribution is -2.29. The molecule has 3 rings (SSSR count). The molecule has 122 valence electrons.